The minimum Gasteiger partial charge on any atom is -0.464 e. The maximum absolute atomic E-state index is 12.0. The fraction of sp³-hybridized carbons (Fsp3) is 0.267. The van der Waals surface area contributed by atoms with Gasteiger partial charge in [0.25, 0.3) is 5.56 Å². The van der Waals surface area contributed by atoms with E-state index in [1.165, 1.54) is 7.11 Å². The second-order valence-corrected chi connectivity index (χ2v) is 4.91. The zero-order valence-corrected chi connectivity index (χ0v) is 12.3. The number of fused-ring (bicyclic) bond motifs is 1. The third-order valence-corrected chi connectivity index (χ3v) is 3.49. The van der Waals surface area contributed by atoms with Gasteiger partial charge in [0.2, 0.25) is 6.79 Å². The monoisotopic (exact) mass is 318 g/mol. The summed E-state index contributed by atoms with van der Waals surface area (Å²) in [6.07, 6.45) is 0.456. The van der Waals surface area contributed by atoms with Crippen molar-refractivity contribution < 1.29 is 19.0 Å². The van der Waals surface area contributed by atoms with Crippen molar-refractivity contribution in [2.75, 3.05) is 13.9 Å². The number of nitrogens with one attached hydrogen (secondary N) is 1. The third-order valence-electron chi connectivity index (χ3n) is 3.49. The number of ether oxygens (including phenoxy) is 3. The first-order chi connectivity index (χ1) is 11.1. The summed E-state index contributed by atoms with van der Waals surface area (Å²) in [4.78, 5) is 37.6. The number of aromatic amines is 1. The second-order valence-electron chi connectivity index (χ2n) is 4.91. The fourth-order valence-corrected chi connectivity index (χ4v) is 2.29. The van der Waals surface area contributed by atoms with Crippen LogP contribution >= 0.6 is 0 Å². The standard InChI is InChI=1S/C15H14N2O6/c1-21-14(19)10-7-13(18)17(15(20)16-10)5-4-9-2-3-11-12(6-9)23-8-22-11/h2-3,6-7H,4-5,8H2,1H3,(H,16,20). The Morgan fingerprint density at radius 2 is 2.04 bits per heavy atom. The van der Waals surface area contributed by atoms with Crippen molar-refractivity contribution in [3.05, 3.63) is 56.4 Å². The van der Waals surface area contributed by atoms with Crippen LogP contribution in [0.15, 0.2) is 33.9 Å². The number of aryl methyl sites for hydroxylation is 1. The fourth-order valence-electron chi connectivity index (χ4n) is 2.29. The Morgan fingerprint density at radius 1 is 1.26 bits per heavy atom. The number of H-pyrrole nitrogens is 1. The van der Waals surface area contributed by atoms with Crippen molar-refractivity contribution in [2.45, 2.75) is 13.0 Å². The van der Waals surface area contributed by atoms with Crippen LogP contribution in [0.1, 0.15) is 16.1 Å². The van der Waals surface area contributed by atoms with Crippen LogP contribution in [0.25, 0.3) is 0 Å². The highest BCUT2D eigenvalue weighted by Crippen LogP contribution is 2.32. The summed E-state index contributed by atoms with van der Waals surface area (Å²) < 4.78 is 16.0. The first kappa shape index (κ1) is 14.9. The average molecular weight is 318 g/mol. The van der Waals surface area contributed by atoms with Crippen molar-refractivity contribution in [1.82, 2.24) is 9.55 Å². The highest BCUT2D eigenvalue weighted by molar-refractivity contribution is 5.86. The number of hydrogen-bond donors (Lipinski definition) is 1. The van der Waals surface area contributed by atoms with Gasteiger partial charge in [0, 0.05) is 12.6 Å². The Bertz CT molecular complexity index is 836. The van der Waals surface area contributed by atoms with E-state index < -0.39 is 17.2 Å². The van der Waals surface area contributed by atoms with Crippen LogP contribution in [0.2, 0.25) is 0 Å². The highest BCUT2D eigenvalue weighted by Gasteiger charge is 2.14. The lowest BCUT2D eigenvalue weighted by molar-refractivity contribution is 0.0593. The van der Waals surface area contributed by atoms with Crippen LogP contribution in [0.3, 0.4) is 0 Å². The summed E-state index contributed by atoms with van der Waals surface area (Å²) in [6.45, 7) is 0.363. The average Bonchev–Trinajstić information content (AvgIpc) is 3.00. The van der Waals surface area contributed by atoms with E-state index in [4.69, 9.17) is 9.47 Å². The first-order valence-corrected chi connectivity index (χ1v) is 6.89. The lowest BCUT2D eigenvalue weighted by atomic mass is 10.1. The van der Waals surface area contributed by atoms with Gasteiger partial charge in [-0.1, -0.05) is 6.07 Å². The molecule has 0 saturated carbocycles. The normalized spacial score (nSPS) is 12.2. The second kappa shape index (κ2) is 5.99. The number of carbonyl (C=O) groups excluding carboxylic acids is 1. The van der Waals surface area contributed by atoms with E-state index in [1.54, 1.807) is 6.07 Å². The molecule has 0 spiro atoms. The lowest BCUT2D eigenvalue weighted by Crippen LogP contribution is -2.37. The van der Waals surface area contributed by atoms with Gasteiger partial charge in [-0.2, -0.15) is 0 Å². The number of esters is 1. The minimum atomic E-state index is -0.762. The van der Waals surface area contributed by atoms with Gasteiger partial charge in [0.05, 0.1) is 7.11 Å². The molecule has 0 aliphatic carbocycles. The molecule has 0 bridgehead atoms. The molecule has 0 amide bonds. The van der Waals surface area contributed by atoms with Crippen LogP contribution in [0.4, 0.5) is 0 Å². The van der Waals surface area contributed by atoms with Gasteiger partial charge in [-0.05, 0) is 24.1 Å². The van der Waals surface area contributed by atoms with Crippen LogP contribution in [0, 0.1) is 0 Å². The van der Waals surface area contributed by atoms with Gasteiger partial charge in [-0.25, -0.2) is 9.59 Å². The maximum Gasteiger partial charge on any atom is 0.354 e. The summed E-state index contributed by atoms with van der Waals surface area (Å²) in [5.74, 6) is 0.554. The van der Waals surface area contributed by atoms with Crippen LogP contribution in [0.5, 0.6) is 11.5 Å². The number of carbonyl (C=O) groups is 1. The summed E-state index contributed by atoms with van der Waals surface area (Å²) in [7, 11) is 1.17. The van der Waals surface area contributed by atoms with Crippen molar-refractivity contribution >= 4 is 5.97 Å². The SMILES string of the molecule is COC(=O)c1cc(=O)n(CCc2ccc3c(c2)OCO3)c(=O)[nH]1. The van der Waals surface area contributed by atoms with Crippen LogP contribution in [-0.2, 0) is 17.7 Å². The predicted molar refractivity (Wildman–Crippen MR) is 78.9 cm³/mol. The van der Waals surface area contributed by atoms with Gasteiger partial charge in [-0.15, -0.1) is 0 Å². The Hall–Kier alpha value is -3.03. The molecule has 0 saturated heterocycles. The van der Waals surface area contributed by atoms with E-state index in [-0.39, 0.29) is 19.0 Å². The Labute approximate surface area is 130 Å². The molecule has 1 aliphatic rings. The van der Waals surface area contributed by atoms with Gasteiger partial charge in [0.15, 0.2) is 11.5 Å². The van der Waals surface area contributed by atoms with E-state index in [9.17, 15) is 14.4 Å². The summed E-state index contributed by atoms with van der Waals surface area (Å²) in [6, 6.07) is 6.48. The Kier molecular flexibility index (Phi) is 3.88. The largest absolute Gasteiger partial charge is 0.464 e. The molecule has 0 fully saturated rings. The molecule has 1 aliphatic heterocycles. The molecule has 2 heterocycles. The lowest BCUT2D eigenvalue weighted by Gasteiger charge is -2.06. The van der Waals surface area contributed by atoms with E-state index in [0.29, 0.717) is 17.9 Å². The van der Waals surface area contributed by atoms with Crippen molar-refractivity contribution in [3.63, 3.8) is 0 Å². The molecule has 3 rings (SSSR count). The molecule has 8 nitrogen and oxygen atoms in total. The molecular formula is C15H14N2O6. The number of benzene rings is 1. The van der Waals surface area contributed by atoms with Gasteiger partial charge in [0.1, 0.15) is 5.69 Å². The maximum atomic E-state index is 12.0. The summed E-state index contributed by atoms with van der Waals surface area (Å²) in [5, 5.41) is 0. The van der Waals surface area contributed by atoms with E-state index in [1.807, 2.05) is 12.1 Å². The molecule has 1 aromatic heterocycles. The zero-order valence-electron chi connectivity index (χ0n) is 12.3. The molecule has 0 radical (unpaired) electrons. The number of hydrogen-bond acceptors (Lipinski definition) is 6. The van der Waals surface area contributed by atoms with E-state index >= 15 is 0 Å². The van der Waals surface area contributed by atoms with Crippen LogP contribution in [-0.4, -0.2) is 29.4 Å². The smallest absolute Gasteiger partial charge is 0.354 e. The van der Waals surface area contributed by atoms with Gasteiger partial charge < -0.3 is 19.2 Å². The minimum absolute atomic E-state index is 0.165. The van der Waals surface area contributed by atoms with E-state index in [0.717, 1.165) is 16.2 Å². The molecular weight excluding hydrogens is 304 g/mol. The molecule has 2 aromatic rings. The third kappa shape index (κ3) is 2.96. The number of methoxy groups -OCH3 is 1. The van der Waals surface area contributed by atoms with Gasteiger partial charge in [-0.3, -0.25) is 9.36 Å². The molecule has 1 N–H and O–H groups in total. The summed E-state index contributed by atoms with van der Waals surface area (Å²) in [5.41, 5.74) is -0.479. The zero-order chi connectivity index (χ0) is 16.4. The molecule has 8 heteroatoms. The van der Waals surface area contributed by atoms with E-state index in [2.05, 4.69) is 9.72 Å². The highest BCUT2D eigenvalue weighted by atomic mass is 16.7. The number of nitrogens with zero attached hydrogens (tertiary/aromatic N) is 1. The molecule has 0 atom stereocenters. The number of rotatable bonds is 4. The van der Waals surface area contributed by atoms with Gasteiger partial charge >= 0.3 is 11.7 Å². The molecule has 1 aromatic carbocycles. The summed E-state index contributed by atoms with van der Waals surface area (Å²) >= 11 is 0. The predicted octanol–water partition coefficient (Wildman–Crippen LogP) is 0.295. The molecule has 0 unspecified atom stereocenters. The quantitative estimate of drug-likeness (QED) is 0.814. The van der Waals surface area contributed by atoms with Crippen molar-refractivity contribution in [3.8, 4) is 11.5 Å². The molecule has 120 valence electrons. The topological polar surface area (TPSA) is 99.6 Å². The molecule has 23 heavy (non-hydrogen) atoms. The first-order valence-electron chi connectivity index (χ1n) is 6.89. The van der Waals surface area contributed by atoms with Crippen molar-refractivity contribution in [1.29, 1.82) is 0 Å². The van der Waals surface area contributed by atoms with Crippen LogP contribution < -0.4 is 20.7 Å². The Morgan fingerprint density at radius 3 is 2.78 bits per heavy atom. The Balaban J connectivity index is 1.80. The number of aromatic nitrogens is 2. The van der Waals surface area contributed by atoms with Crippen molar-refractivity contribution in [2.24, 2.45) is 0 Å².